The maximum Gasteiger partial charge on any atom is 0.262 e. The first-order valence-corrected chi connectivity index (χ1v) is 30.9. The van der Waals surface area contributed by atoms with E-state index >= 15 is 0 Å². The molecule has 4 saturated carbocycles. The minimum atomic E-state index is -3.87. The molecular weight excluding hydrogens is 1080 g/mol. The highest BCUT2D eigenvalue weighted by Gasteiger charge is 2.56. The van der Waals surface area contributed by atoms with Gasteiger partial charge in [0.15, 0.2) is 15.1 Å². The number of benzene rings is 2. The van der Waals surface area contributed by atoms with Crippen LogP contribution < -0.4 is 0 Å². The zero-order valence-corrected chi connectivity index (χ0v) is 47.9. The van der Waals surface area contributed by atoms with Gasteiger partial charge in [-0.05, 0) is 161 Å². The van der Waals surface area contributed by atoms with Crippen molar-refractivity contribution in [2.24, 2.45) is 24.9 Å². The Balaban J connectivity index is 0.000000162. The standard InChI is InChI=1S/C32H35FN6O3S2.C26H28FN5O3S/c1-31(2,3)27-17-34-30(43-27)29(40)32-14-20-16-36-38(23-9-6-22(33)7-10-23)26(20)13-21(32)5-8-25(15-32)39(24-11-12-24)44(41,42)28-18-37(4)19-35-28;1-17(33)26-12-18-14-29-31(21-7-4-20(27)5-8-21)24(18)11-19(26)3-6-23(13-26)32(22-9-10-22)36(34,35)25-15-30(2)16-28-25/h6-7,9-10,13,16-19,24-25H,5,8,11-12,14-15H2,1-4H3;4-5,7-8,11,14-16,22-23H,3,6,9-10,12-13H2,1-2H3/t25-,32-;23-,26+/m00/s1. The van der Waals surface area contributed by atoms with E-state index in [9.17, 15) is 35.2 Å². The fourth-order valence-corrected chi connectivity index (χ4v) is 17.3. The molecule has 0 spiro atoms. The van der Waals surface area contributed by atoms with Crippen molar-refractivity contribution < 1.29 is 35.2 Å². The Hall–Kier alpha value is -6.59. The molecule has 5 heterocycles. The van der Waals surface area contributed by atoms with Crippen molar-refractivity contribution in [3.05, 3.63) is 147 Å². The van der Waals surface area contributed by atoms with Gasteiger partial charge < -0.3 is 9.13 Å². The van der Waals surface area contributed by atoms with E-state index in [0.29, 0.717) is 56.4 Å². The summed E-state index contributed by atoms with van der Waals surface area (Å²) in [5.41, 5.74) is 5.17. The number of nitrogens with zero attached hydrogens (tertiary/aromatic N) is 11. The molecule has 418 valence electrons. The van der Waals surface area contributed by atoms with Crippen LogP contribution in [0.5, 0.6) is 0 Å². The molecule has 5 aromatic heterocycles. The summed E-state index contributed by atoms with van der Waals surface area (Å²) in [4.78, 5) is 42.0. The lowest BCUT2D eigenvalue weighted by Gasteiger charge is -2.46. The van der Waals surface area contributed by atoms with Crippen molar-refractivity contribution in [1.82, 2.24) is 52.3 Å². The summed E-state index contributed by atoms with van der Waals surface area (Å²) in [6.07, 6.45) is 22.8. The number of fused-ring (bicyclic) bond motifs is 4. The average Bonchev–Trinajstić information content (AvgIpc) is 4.08. The van der Waals surface area contributed by atoms with Crippen molar-refractivity contribution >= 4 is 55.1 Å². The van der Waals surface area contributed by atoms with Crippen LogP contribution in [0.25, 0.3) is 23.5 Å². The molecule has 80 heavy (non-hydrogen) atoms. The summed E-state index contributed by atoms with van der Waals surface area (Å²) in [7, 11) is -4.15. The van der Waals surface area contributed by atoms with Crippen LogP contribution in [-0.4, -0.2) is 105 Å². The van der Waals surface area contributed by atoms with Gasteiger partial charge in [-0.25, -0.2) is 49.9 Å². The van der Waals surface area contributed by atoms with Crippen LogP contribution in [0.2, 0.25) is 0 Å². The van der Waals surface area contributed by atoms with Crippen LogP contribution in [0.15, 0.2) is 113 Å². The Kier molecular flexibility index (Phi) is 13.4. The molecule has 0 bridgehead atoms. The van der Waals surface area contributed by atoms with Crippen LogP contribution in [0.4, 0.5) is 8.78 Å². The summed E-state index contributed by atoms with van der Waals surface area (Å²) >= 11 is 1.42. The summed E-state index contributed by atoms with van der Waals surface area (Å²) in [5.74, 6) is -0.660. The van der Waals surface area contributed by atoms with Gasteiger partial charge in [-0.1, -0.05) is 31.9 Å². The number of carbonyl (C=O) groups excluding carboxylic acids is 2. The number of carbonyl (C=O) groups is 2. The maximum atomic E-state index is 14.8. The van der Waals surface area contributed by atoms with Crippen molar-refractivity contribution in [1.29, 1.82) is 0 Å². The molecule has 7 aromatic rings. The largest absolute Gasteiger partial charge is 0.339 e. The van der Waals surface area contributed by atoms with E-state index < -0.39 is 30.9 Å². The number of allylic oxidation sites excluding steroid dienone is 2. The predicted molar refractivity (Wildman–Crippen MR) is 297 cm³/mol. The Morgan fingerprint density at radius 2 is 1.06 bits per heavy atom. The molecule has 2 aromatic carbocycles. The number of Topliss-reactive ketones (excluding diaryl/α,β-unsaturated/α-hetero) is 2. The lowest BCUT2D eigenvalue weighted by Crippen LogP contribution is -2.51. The molecule has 0 aliphatic heterocycles. The maximum absolute atomic E-state index is 14.8. The number of aryl methyl sites for hydroxylation is 2. The van der Waals surface area contributed by atoms with Crippen LogP contribution in [0.1, 0.15) is 129 Å². The number of hydrogen-bond acceptors (Lipinski definition) is 12. The first-order valence-electron chi connectivity index (χ1n) is 27.2. The molecule has 13 rings (SSSR count). The van der Waals surface area contributed by atoms with Crippen LogP contribution >= 0.6 is 11.3 Å². The number of imidazole rings is 2. The van der Waals surface area contributed by atoms with Crippen LogP contribution in [0, 0.1) is 22.5 Å². The molecule has 0 N–H and O–H groups in total. The zero-order valence-electron chi connectivity index (χ0n) is 45.5. The lowest BCUT2D eigenvalue weighted by atomic mass is 9.61. The monoisotopic (exact) mass is 1140 g/mol. The van der Waals surface area contributed by atoms with Gasteiger partial charge in [0, 0.05) is 61.7 Å². The molecular formula is C58H63F2N11O6S3. The van der Waals surface area contributed by atoms with Gasteiger partial charge in [-0.15, -0.1) is 11.3 Å². The number of hydrogen-bond donors (Lipinski definition) is 0. The molecule has 22 heteroatoms. The van der Waals surface area contributed by atoms with E-state index in [1.165, 1.54) is 54.5 Å². The third-order valence-electron chi connectivity index (χ3n) is 16.9. The first kappa shape index (κ1) is 54.0. The van der Waals surface area contributed by atoms with Gasteiger partial charge in [0.1, 0.15) is 17.4 Å². The molecule has 0 radical (unpaired) electrons. The van der Waals surface area contributed by atoms with E-state index in [-0.39, 0.29) is 62.8 Å². The van der Waals surface area contributed by atoms with E-state index in [1.54, 1.807) is 97.2 Å². The molecule has 6 aliphatic rings. The minimum absolute atomic E-state index is 0.0369. The predicted octanol–water partition coefficient (Wildman–Crippen LogP) is 9.38. The number of thiazole rings is 1. The molecule has 0 unspecified atom stereocenters. The third-order valence-corrected chi connectivity index (χ3v) is 22.1. The van der Waals surface area contributed by atoms with E-state index in [2.05, 4.69) is 52.0 Å². The average molecular weight is 1140 g/mol. The summed E-state index contributed by atoms with van der Waals surface area (Å²) in [6.45, 7) is 7.91. The fraction of sp³-hybridized carbons (Fsp3) is 0.431. The Labute approximate surface area is 468 Å². The second kappa shape index (κ2) is 19.8. The SMILES string of the molecule is CC(=O)[C@]12Cc3cnn(-c4ccc(F)cc4)c3C=C1CC[C@H](N(C1CC1)S(=O)(=O)c1cn(C)cn1)C2.Cn1cnc(S(=O)(=O)N(C2CC2)[C@H]2CCC3=Cc4c(cnn4-c4ccc(F)cc4)C[C@]3(C(=O)c3ncc(C(C)(C)C)s3)C2)c1. The molecule has 6 aliphatic carbocycles. The first-order chi connectivity index (χ1) is 38.1. The molecule has 4 fully saturated rings. The molecule has 0 amide bonds. The smallest absolute Gasteiger partial charge is 0.262 e. The summed E-state index contributed by atoms with van der Waals surface area (Å²) < 4.78 is 92.6. The quantitative estimate of drug-likeness (QED) is 0.0999. The Morgan fingerprint density at radius 3 is 1.46 bits per heavy atom. The third kappa shape index (κ3) is 9.56. The zero-order chi connectivity index (χ0) is 56.3. The second-order valence-electron chi connectivity index (χ2n) is 23.6. The van der Waals surface area contributed by atoms with Gasteiger partial charge in [0.25, 0.3) is 20.0 Å². The minimum Gasteiger partial charge on any atom is -0.339 e. The number of rotatable bonds is 13. The number of aromatic nitrogens is 9. The van der Waals surface area contributed by atoms with Gasteiger partial charge in [-0.3, -0.25) is 9.59 Å². The second-order valence-corrected chi connectivity index (χ2v) is 28.2. The Bertz CT molecular complexity index is 3880. The number of halogens is 2. The highest BCUT2D eigenvalue weighted by molar-refractivity contribution is 7.89. The van der Waals surface area contributed by atoms with Crippen molar-refractivity contribution in [3.63, 3.8) is 0 Å². The highest BCUT2D eigenvalue weighted by atomic mass is 32.2. The highest BCUT2D eigenvalue weighted by Crippen LogP contribution is 2.54. The van der Waals surface area contributed by atoms with Crippen molar-refractivity contribution in [2.75, 3.05) is 0 Å². The van der Waals surface area contributed by atoms with Gasteiger partial charge in [-0.2, -0.15) is 18.8 Å². The molecule has 0 saturated heterocycles. The summed E-state index contributed by atoms with van der Waals surface area (Å²) in [6, 6.07) is 11.6. The van der Waals surface area contributed by atoms with Crippen molar-refractivity contribution in [2.45, 2.75) is 144 Å². The fourth-order valence-electron chi connectivity index (χ4n) is 12.6. The number of sulfonamides is 2. The van der Waals surface area contributed by atoms with E-state index in [0.717, 1.165) is 75.6 Å². The Morgan fingerprint density at radius 1 is 0.625 bits per heavy atom. The van der Waals surface area contributed by atoms with E-state index in [1.807, 2.05) is 6.08 Å². The lowest BCUT2D eigenvalue weighted by molar-refractivity contribution is -0.126. The normalized spacial score (nSPS) is 22.8. The van der Waals surface area contributed by atoms with Gasteiger partial charge in [0.05, 0.1) is 58.6 Å². The van der Waals surface area contributed by atoms with Crippen LogP contribution in [0.3, 0.4) is 0 Å². The summed E-state index contributed by atoms with van der Waals surface area (Å²) in [5, 5.41) is 9.72. The van der Waals surface area contributed by atoms with Gasteiger partial charge in [0.2, 0.25) is 5.78 Å². The molecule has 4 atom stereocenters. The topological polar surface area (TPSA) is 193 Å². The van der Waals surface area contributed by atoms with E-state index in [4.69, 9.17) is 0 Å². The van der Waals surface area contributed by atoms with Crippen LogP contribution in [-0.2, 0) is 57.2 Å². The van der Waals surface area contributed by atoms with Gasteiger partial charge >= 0.3 is 0 Å². The van der Waals surface area contributed by atoms with Crippen molar-refractivity contribution in [3.8, 4) is 11.4 Å². The molecule has 17 nitrogen and oxygen atoms in total. The number of ketones is 2.